The maximum absolute atomic E-state index is 11.9. The molecule has 0 aromatic heterocycles. The van der Waals surface area contributed by atoms with Crippen LogP contribution in [-0.2, 0) is 4.79 Å². The molecule has 1 atom stereocenters. The maximum atomic E-state index is 11.9. The van der Waals surface area contributed by atoms with Crippen LogP contribution in [0.3, 0.4) is 0 Å². The molecule has 112 valence electrons. The topological polar surface area (TPSA) is 61.6 Å². The molecule has 0 aromatic carbocycles. The Kier molecular flexibility index (Phi) is 7.34. The van der Waals surface area contributed by atoms with Crippen LogP contribution in [0.5, 0.6) is 0 Å². The lowest BCUT2D eigenvalue weighted by Gasteiger charge is -2.34. The van der Waals surface area contributed by atoms with Gasteiger partial charge in [-0.2, -0.15) is 0 Å². The van der Waals surface area contributed by atoms with Crippen LogP contribution >= 0.6 is 0 Å². The van der Waals surface area contributed by atoms with Gasteiger partial charge in [0.15, 0.2) is 0 Å². The quantitative estimate of drug-likeness (QED) is 0.689. The van der Waals surface area contributed by atoms with E-state index >= 15 is 0 Å². The molecular weight excluding hydrogens is 240 g/mol. The Morgan fingerprint density at radius 1 is 1.16 bits per heavy atom. The Labute approximate surface area is 117 Å². The highest BCUT2D eigenvalue weighted by Crippen LogP contribution is 2.03. The predicted molar refractivity (Wildman–Crippen MR) is 79.0 cm³/mol. The van der Waals surface area contributed by atoms with Crippen LogP contribution in [0.2, 0.25) is 0 Å². The second-order valence-corrected chi connectivity index (χ2v) is 5.86. The Morgan fingerprint density at radius 3 is 2.26 bits per heavy atom. The minimum Gasteiger partial charge on any atom is -0.352 e. The highest BCUT2D eigenvalue weighted by molar-refractivity contribution is 5.78. The van der Waals surface area contributed by atoms with Crippen molar-refractivity contribution in [3.8, 4) is 0 Å². The van der Waals surface area contributed by atoms with Crippen molar-refractivity contribution in [2.45, 2.75) is 33.2 Å². The third kappa shape index (κ3) is 6.36. The first kappa shape index (κ1) is 16.4. The molecule has 1 unspecified atom stereocenters. The van der Waals surface area contributed by atoms with E-state index in [2.05, 4.69) is 35.9 Å². The number of amides is 1. The summed E-state index contributed by atoms with van der Waals surface area (Å²) in [5, 5.41) is 3.06. The zero-order chi connectivity index (χ0) is 14.3. The Morgan fingerprint density at radius 2 is 1.74 bits per heavy atom. The highest BCUT2D eigenvalue weighted by Gasteiger charge is 2.19. The van der Waals surface area contributed by atoms with Crippen LogP contribution in [0.15, 0.2) is 0 Å². The molecule has 0 saturated carbocycles. The second-order valence-electron chi connectivity index (χ2n) is 5.86. The summed E-state index contributed by atoms with van der Waals surface area (Å²) < 4.78 is 0. The smallest absolute Gasteiger partial charge is 0.234 e. The van der Waals surface area contributed by atoms with E-state index < -0.39 is 0 Å². The number of piperazine rings is 1. The van der Waals surface area contributed by atoms with Crippen LogP contribution in [0.4, 0.5) is 0 Å². The van der Waals surface area contributed by atoms with Gasteiger partial charge in [0.25, 0.3) is 0 Å². The molecule has 1 rings (SSSR count). The molecule has 1 saturated heterocycles. The zero-order valence-electron chi connectivity index (χ0n) is 12.7. The van der Waals surface area contributed by atoms with Crippen LogP contribution in [0.1, 0.15) is 27.2 Å². The molecule has 0 aromatic rings. The Bertz CT molecular complexity index is 262. The van der Waals surface area contributed by atoms with Crippen molar-refractivity contribution < 1.29 is 4.79 Å². The zero-order valence-corrected chi connectivity index (χ0v) is 12.7. The van der Waals surface area contributed by atoms with Gasteiger partial charge in [0, 0.05) is 32.2 Å². The predicted octanol–water partition coefficient (Wildman–Crippen LogP) is 0.114. The molecule has 5 heteroatoms. The second kappa shape index (κ2) is 8.51. The molecule has 0 bridgehead atoms. The van der Waals surface area contributed by atoms with Gasteiger partial charge in [-0.3, -0.25) is 9.69 Å². The van der Waals surface area contributed by atoms with Gasteiger partial charge >= 0.3 is 0 Å². The summed E-state index contributed by atoms with van der Waals surface area (Å²) in [6, 6.07) is 0.248. The molecule has 1 aliphatic heterocycles. The van der Waals surface area contributed by atoms with Gasteiger partial charge in [-0.15, -0.1) is 0 Å². The molecule has 0 aliphatic carbocycles. The standard InChI is InChI=1S/C14H30N4O/c1-12(2)13(3)16-14(19)11-18-9-7-17(8-10-18)6-4-5-15/h12-13H,4-11,15H2,1-3H3,(H,16,19). The van der Waals surface area contributed by atoms with Gasteiger partial charge in [0.2, 0.25) is 5.91 Å². The minimum atomic E-state index is 0.150. The van der Waals surface area contributed by atoms with Crippen LogP contribution < -0.4 is 11.1 Å². The van der Waals surface area contributed by atoms with E-state index in [0.29, 0.717) is 12.5 Å². The number of nitrogens with zero attached hydrogens (tertiary/aromatic N) is 2. The molecule has 0 spiro atoms. The van der Waals surface area contributed by atoms with Gasteiger partial charge in [-0.25, -0.2) is 0 Å². The lowest BCUT2D eigenvalue weighted by atomic mass is 10.1. The fourth-order valence-electron chi connectivity index (χ4n) is 2.16. The first-order chi connectivity index (χ1) is 9.02. The molecule has 3 N–H and O–H groups in total. The first-order valence-corrected chi connectivity index (χ1v) is 7.47. The lowest BCUT2D eigenvalue weighted by Crippen LogP contribution is -2.50. The number of nitrogens with two attached hydrogens (primary N) is 1. The Balaban J connectivity index is 2.19. The lowest BCUT2D eigenvalue weighted by molar-refractivity contribution is -0.123. The molecular formula is C14H30N4O. The maximum Gasteiger partial charge on any atom is 0.234 e. The molecule has 0 radical (unpaired) electrons. The van der Waals surface area contributed by atoms with E-state index in [4.69, 9.17) is 5.73 Å². The minimum absolute atomic E-state index is 0.150. The third-order valence-corrected chi connectivity index (χ3v) is 3.90. The van der Waals surface area contributed by atoms with Crippen molar-refractivity contribution in [3.05, 3.63) is 0 Å². The van der Waals surface area contributed by atoms with Crippen molar-refractivity contribution in [1.29, 1.82) is 0 Å². The van der Waals surface area contributed by atoms with E-state index in [9.17, 15) is 4.79 Å². The monoisotopic (exact) mass is 270 g/mol. The Hall–Kier alpha value is -0.650. The molecule has 1 amide bonds. The average Bonchev–Trinajstić information content (AvgIpc) is 2.37. The summed E-state index contributed by atoms with van der Waals surface area (Å²) in [5.41, 5.74) is 5.52. The summed E-state index contributed by atoms with van der Waals surface area (Å²) in [5.74, 6) is 0.633. The van der Waals surface area contributed by atoms with Gasteiger partial charge in [0.1, 0.15) is 0 Å². The van der Waals surface area contributed by atoms with Crippen LogP contribution in [0, 0.1) is 5.92 Å². The SMILES string of the molecule is CC(C)C(C)NC(=O)CN1CCN(CCCN)CC1. The van der Waals surface area contributed by atoms with Crippen molar-refractivity contribution in [2.24, 2.45) is 11.7 Å². The number of carbonyl (C=O) groups excluding carboxylic acids is 1. The summed E-state index contributed by atoms with van der Waals surface area (Å²) in [6.45, 7) is 12.7. The molecule has 5 nitrogen and oxygen atoms in total. The van der Waals surface area contributed by atoms with E-state index in [1.807, 2.05) is 0 Å². The van der Waals surface area contributed by atoms with E-state index in [-0.39, 0.29) is 11.9 Å². The van der Waals surface area contributed by atoms with Gasteiger partial charge in [0.05, 0.1) is 6.54 Å². The van der Waals surface area contributed by atoms with E-state index in [0.717, 1.165) is 45.7 Å². The highest BCUT2D eigenvalue weighted by atomic mass is 16.2. The van der Waals surface area contributed by atoms with E-state index in [1.54, 1.807) is 0 Å². The number of rotatable bonds is 7. The van der Waals surface area contributed by atoms with Gasteiger partial charge < -0.3 is 16.0 Å². The average molecular weight is 270 g/mol. The fraction of sp³-hybridized carbons (Fsp3) is 0.929. The molecule has 19 heavy (non-hydrogen) atoms. The molecule has 1 fully saturated rings. The summed E-state index contributed by atoms with van der Waals surface area (Å²) >= 11 is 0. The number of carbonyl (C=O) groups is 1. The third-order valence-electron chi connectivity index (χ3n) is 3.90. The summed E-state index contributed by atoms with van der Waals surface area (Å²) in [6.07, 6.45) is 1.06. The van der Waals surface area contributed by atoms with Crippen molar-refractivity contribution >= 4 is 5.91 Å². The number of hydrogen-bond acceptors (Lipinski definition) is 4. The summed E-state index contributed by atoms with van der Waals surface area (Å²) in [4.78, 5) is 16.6. The summed E-state index contributed by atoms with van der Waals surface area (Å²) in [7, 11) is 0. The van der Waals surface area contributed by atoms with Gasteiger partial charge in [-0.05, 0) is 32.4 Å². The molecule has 1 aliphatic rings. The first-order valence-electron chi connectivity index (χ1n) is 7.47. The normalized spacial score (nSPS) is 19.6. The van der Waals surface area contributed by atoms with Crippen LogP contribution in [0.25, 0.3) is 0 Å². The fourth-order valence-corrected chi connectivity index (χ4v) is 2.16. The van der Waals surface area contributed by atoms with Crippen molar-refractivity contribution in [3.63, 3.8) is 0 Å². The van der Waals surface area contributed by atoms with Crippen molar-refractivity contribution in [1.82, 2.24) is 15.1 Å². The largest absolute Gasteiger partial charge is 0.352 e. The van der Waals surface area contributed by atoms with E-state index in [1.165, 1.54) is 0 Å². The number of hydrogen-bond donors (Lipinski definition) is 2. The van der Waals surface area contributed by atoms with Crippen molar-refractivity contribution in [2.75, 3.05) is 45.8 Å². The molecule has 1 heterocycles. The van der Waals surface area contributed by atoms with Crippen LogP contribution in [-0.4, -0.2) is 67.6 Å². The number of nitrogens with one attached hydrogen (secondary N) is 1. The van der Waals surface area contributed by atoms with Gasteiger partial charge in [-0.1, -0.05) is 13.8 Å².